The van der Waals surface area contributed by atoms with Crippen LogP contribution in [0.5, 0.6) is 0 Å². The van der Waals surface area contributed by atoms with Gasteiger partial charge in [-0.25, -0.2) is 4.79 Å². The maximum Gasteiger partial charge on any atom is 0.358 e. The van der Waals surface area contributed by atoms with Crippen molar-refractivity contribution in [2.24, 2.45) is 7.05 Å². The van der Waals surface area contributed by atoms with E-state index in [1.807, 2.05) is 31.2 Å². The Morgan fingerprint density at radius 1 is 1.47 bits per heavy atom. The Kier molecular flexibility index (Phi) is 2.91. The van der Waals surface area contributed by atoms with Crippen LogP contribution in [0.2, 0.25) is 0 Å². The number of nitrogens with zero attached hydrogens (tertiary/aromatic N) is 3. The van der Waals surface area contributed by atoms with E-state index in [1.165, 1.54) is 4.68 Å². The molecule has 5 heteroatoms. The number of aromatic nitrogens is 3. The van der Waals surface area contributed by atoms with Crippen molar-refractivity contribution in [3.63, 3.8) is 0 Å². The van der Waals surface area contributed by atoms with Crippen molar-refractivity contribution in [2.45, 2.75) is 13.3 Å². The highest BCUT2D eigenvalue weighted by atomic mass is 16.4. The number of rotatable bonds is 3. The highest BCUT2D eigenvalue weighted by molar-refractivity contribution is 5.86. The predicted molar refractivity (Wildman–Crippen MR) is 61.9 cm³/mol. The first kappa shape index (κ1) is 11.3. The van der Waals surface area contributed by atoms with E-state index in [0.717, 1.165) is 11.1 Å². The SMILES string of the molecule is Cc1cccc(Cc2c(C(=O)O)nnn2C)c1. The molecular formula is C12H13N3O2. The average molecular weight is 231 g/mol. The number of benzene rings is 1. The summed E-state index contributed by atoms with van der Waals surface area (Å²) in [7, 11) is 1.70. The summed E-state index contributed by atoms with van der Waals surface area (Å²) in [5.41, 5.74) is 2.84. The zero-order chi connectivity index (χ0) is 12.4. The lowest BCUT2D eigenvalue weighted by atomic mass is 10.1. The van der Waals surface area contributed by atoms with Gasteiger partial charge in [-0.3, -0.25) is 4.68 Å². The molecule has 2 aromatic rings. The van der Waals surface area contributed by atoms with Crippen molar-refractivity contribution in [3.8, 4) is 0 Å². The van der Waals surface area contributed by atoms with Gasteiger partial charge < -0.3 is 5.11 Å². The Bertz CT molecular complexity index is 561. The number of hydrogen-bond donors (Lipinski definition) is 1. The summed E-state index contributed by atoms with van der Waals surface area (Å²) in [5.74, 6) is -1.04. The standard InChI is InChI=1S/C12H13N3O2/c1-8-4-3-5-9(6-8)7-10-11(12(16)17)13-14-15(10)2/h3-6H,7H2,1-2H3,(H,16,17). The Morgan fingerprint density at radius 3 is 2.88 bits per heavy atom. The molecule has 0 atom stereocenters. The molecule has 0 fully saturated rings. The van der Waals surface area contributed by atoms with E-state index in [4.69, 9.17) is 5.11 Å². The van der Waals surface area contributed by atoms with Crippen LogP contribution in [0.1, 0.15) is 27.3 Å². The van der Waals surface area contributed by atoms with Crippen molar-refractivity contribution in [1.82, 2.24) is 15.0 Å². The van der Waals surface area contributed by atoms with Gasteiger partial charge in [-0.15, -0.1) is 5.10 Å². The Morgan fingerprint density at radius 2 is 2.24 bits per heavy atom. The van der Waals surface area contributed by atoms with E-state index >= 15 is 0 Å². The second-order valence-electron chi connectivity index (χ2n) is 3.98. The summed E-state index contributed by atoms with van der Waals surface area (Å²) in [4.78, 5) is 11.0. The molecule has 17 heavy (non-hydrogen) atoms. The van der Waals surface area contributed by atoms with Gasteiger partial charge >= 0.3 is 5.97 Å². The first-order valence-corrected chi connectivity index (χ1v) is 5.25. The average Bonchev–Trinajstić information content (AvgIpc) is 2.61. The Balaban J connectivity index is 2.36. The maximum absolute atomic E-state index is 11.0. The molecule has 1 N–H and O–H groups in total. The molecule has 1 heterocycles. The predicted octanol–water partition coefficient (Wildman–Crippen LogP) is 1.41. The molecule has 0 amide bonds. The fraction of sp³-hybridized carbons (Fsp3) is 0.250. The number of carbonyl (C=O) groups is 1. The third-order valence-electron chi connectivity index (χ3n) is 2.60. The van der Waals surface area contributed by atoms with Crippen LogP contribution in [0.4, 0.5) is 0 Å². The van der Waals surface area contributed by atoms with Gasteiger partial charge in [-0.05, 0) is 12.5 Å². The van der Waals surface area contributed by atoms with E-state index in [0.29, 0.717) is 12.1 Å². The topological polar surface area (TPSA) is 68.0 Å². The van der Waals surface area contributed by atoms with Gasteiger partial charge in [-0.2, -0.15) is 0 Å². The van der Waals surface area contributed by atoms with Crippen LogP contribution in [0, 0.1) is 6.92 Å². The van der Waals surface area contributed by atoms with Crippen LogP contribution in [-0.4, -0.2) is 26.1 Å². The number of carboxylic acid groups (broad SMARTS) is 1. The molecule has 88 valence electrons. The van der Waals surface area contributed by atoms with Crippen molar-refractivity contribution < 1.29 is 9.90 Å². The minimum absolute atomic E-state index is 0.0222. The van der Waals surface area contributed by atoms with E-state index in [2.05, 4.69) is 10.3 Å². The van der Waals surface area contributed by atoms with Crippen LogP contribution in [0.3, 0.4) is 0 Å². The van der Waals surface area contributed by atoms with Crippen LogP contribution in [0.15, 0.2) is 24.3 Å². The minimum Gasteiger partial charge on any atom is -0.476 e. The molecule has 1 aromatic carbocycles. The summed E-state index contributed by atoms with van der Waals surface area (Å²) >= 11 is 0. The van der Waals surface area contributed by atoms with Gasteiger partial charge in [0.25, 0.3) is 0 Å². The summed E-state index contributed by atoms with van der Waals surface area (Å²) in [6, 6.07) is 7.95. The first-order valence-electron chi connectivity index (χ1n) is 5.25. The van der Waals surface area contributed by atoms with Gasteiger partial charge in [0, 0.05) is 13.5 Å². The number of hydrogen-bond acceptors (Lipinski definition) is 3. The van der Waals surface area contributed by atoms with Crippen LogP contribution < -0.4 is 0 Å². The zero-order valence-corrected chi connectivity index (χ0v) is 9.71. The van der Waals surface area contributed by atoms with Crippen molar-refractivity contribution in [3.05, 3.63) is 46.8 Å². The van der Waals surface area contributed by atoms with E-state index in [-0.39, 0.29) is 5.69 Å². The molecule has 0 saturated heterocycles. The Labute approximate surface area is 98.7 Å². The summed E-state index contributed by atoms with van der Waals surface area (Å²) in [5, 5.41) is 16.4. The summed E-state index contributed by atoms with van der Waals surface area (Å²) < 4.78 is 1.51. The largest absolute Gasteiger partial charge is 0.476 e. The van der Waals surface area contributed by atoms with Gasteiger partial charge in [0.05, 0.1) is 5.69 Å². The zero-order valence-electron chi connectivity index (χ0n) is 9.71. The third kappa shape index (κ3) is 2.33. The van der Waals surface area contributed by atoms with Crippen molar-refractivity contribution >= 4 is 5.97 Å². The van der Waals surface area contributed by atoms with E-state index in [9.17, 15) is 4.79 Å². The van der Waals surface area contributed by atoms with Crippen LogP contribution in [0.25, 0.3) is 0 Å². The van der Waals surface area contributed by atoms with Crippen molar-refractivity contribution in [1.29, 1.82) is 0 Å². The molecule has 5 nitrogen and oxygen atoms in total. The second-order valence-corrected chi connectivity index (χ2v) is 3.98. The summed E-state index contributed by atoms with van der Waals surface area (Å²) in [6.07, 6.45) is 0.521. The lowest BCUT2D eigenvalue weighted by Gasteiger charge is -2.03. The smallest absolute Gasteiger partial charge is 0.358 e. The second kappa shape index (κ2) is 4.37. The molecule has 1 aromatic heterocycles. The monoisotopic (exact) mass is 231 g/mol. The molecule has 0 radical (unpaired) electrons. The molecule has 0 aliphatic rings. The van der Waals surface area contributed by atoms with Crippen molar-refractivity contribution in [2.75, 3.05) is 0 Å². The van der Waals surface area contributed by atoms with Gasteiger partial charge in [0.15, 0.2) is 5.69 Å². The molecule has 0 unspecified atom stereocenters. The number of aromatic carboxylic acids is 1. The fourth-order valence-corrected chi connectivity index (χ4v) is 1.76. The third-order valence-corrected chi connectivity index (χ3v) is 2.60. The first-order chi connectivity index (χ1) is 8.08. The molecule has 0 bridgehead atoms. The maximum atomic E-state index is 11.0. The normalized spacial score (nSPS) is 10.5. The van der Waals surface area contributed by atoms with Crippen LogP contribution >= 0.6 is 0 Å². The highest BCUT2D eigenvalue weighted by Crippen LogP contribution is 2.13. The fourth-order valence-electron chi connectivity index (χ4n) is 1.76. The molecule has 0 saturated carbocycles. The highest BCUT2D eigenvalue weighted by Gasteiger charge is 2.17. The lowest BCUT2D eigenvalue weighted by Crippen LogP contribution is -2.06. The Hall–Kier alpha value is -2.17. The van der Waals surface area contributed by atoms with E-state index in [1.54, 1.807) is 7.05 Å². The number of carboxylic acids is 1. The van der Waals surface area contributed by atoms with Gasteiger partial charge in [0.1, 0.15) is 0 Å². The molecule has 0 aliphatic carbocycles. The minimum atomic E-state index is -1.04. The summed E-state index contributed by atoms with van der Waals surface area (Å²) in [6.45, 7) is 2.00. The molecule has 0 spiro atoms. The van der Waals surface area contributed by atoms with Gasteiger partial charge in [-0.1, -0.05) is 35.0 Å². The van der Waals surface area contributed by atoms with E-state index < -0.39 is 5.97 Å². The molecule has 0 aliphatic heterocycles. The molecular weight excluding hydrogens is 218 g/mol. The van der Waals surface area contributed by atoms with Crippen LogP contribution in [-0.2, 0) is 13.5 Å². The quantitative estimate of drug-likeness (QED) is 0.867. The molecule has 2 rings (SSSR count). The lowest BCUT2D eigenvalue weighted by molar-refractivity contribution is 0.0689. The number of aryl methyl sites for hydroxylation is 2. The van der Waals surface area contributed by atoms with Gasteiger partial charge in [0.2, 0.25) is 0 Å².